The Bertz CT molecular complexity index is 578. The molecule has 0 saturated carbocycles. The van der Waals surface area contributed by atoms with Gasteiger partial charge in [0.05, 0.1) is 0 Å². The largest absolute Gasteiger partial charge is 0.479 e. The van der Waals surface area contributed by atoms with Crippen molar-refractivity contribution in [3.63, 3.8) is 0 Å². The predicted octanol–water partition coefficient (Wildman–Crippen LogP) is 2.58. The molecule has 2 rings (SSSR count). The second kappa shape index (κ2) is 4.75. The van der Waals surface area contributed by atoms with E-state index in [1.165, 1.54) is 12.1 Å². The predicted molar refractivity (Wildman–Crippen MR) is 59.4 cm³/mol. The van der Waals surface area contributed by atoms with Crippen molar-refractivity contribution in [1.82, 2.24) is 9.78 Å². The number of hydrogen-bond donors (Lipinski definition) is 1. The number of aromatic nitrogens is 2. The number of benzene rings is 1. The molecule has 0 aliphatic carbocycles. The number of hydrogen-bond acceptors (Lipinski definition) is 2. The smallest absolute Gasteiger partial charge is 0.435 e. The van der Waals surface area contributed by atoms with E-state index in [1.54, 1.807) is 18.2 Å². The maximum atomic E-state index is 12.4. The van der Waals surface area contributed by atoms with E-state index in [0.717, 1.165) is 16.9 Å². The van der Waals surface area contributed by atoms with Gasteiger partial charge in [-0.3, -0.25) is 4.68 Å². The molecule has 2 aromatic rings. The normalized spacial score (nSPS) is 13.2. The molecule has 4 nitrogen and oxygen atoms in total. The minimum Gasteiger partial charge on any atom is -0.479 e. The van der Waals surface area contributed by atoms with Crippen LogP contribution in [0.3, 0.4) is 0 Å². The molecule has 100 valence electrons. The van der Waals surface area contributed by atoms with Crippen molar-refractivity contribution in [3.05, 3.63) is 53.9 Å². The Kier molecular flexibility index (Phi) is 3.28. The van der Waals surface area contributed by atoms with E-state index < -0.39 is 23.9 Å². The molecule has 1 heterocycles. The summed E-state index contributed by atoms with van der Waals surface area (Å²) in [5.74, 6) is -1.27. The number of aliphatic carboxylic acids is 1. The zero-order valence-electron chi connectivity index (χ0n) is 9.50. The lowest BCUT2D eigenvalue weighted by Crippen LogP contribution is -2.21. The van der Waals surface area contributed by atoms with Gasteiger partial charge in [0.15, 0.2) is 11.7 Å². The highest BCUT2D eigenvalue weighted by atomic mass is 19.4. The van der Waals surface area contributed by atoms with Crippen molar-refractivity contribution in [1.29, 1.82) is 0 Å². The van der Waals surface area contributed by atoms with Gasteiger partial charge in [0.25, 0.3) is 0 Å². The fraction of sp³-hybridized carbons (Fsp3) is 0.167. The van der Waals surface area contributed by atoms with E-state index in [9.17, 15) is 18.0 Å². The summed E-state index contributed by atoms with van der Waals surface area (Å²) in [5.41, 5.74) is -0.762. The third-order valence-corrected chi connectivity index (χ3v) is 2.51. The van der Waals surface area contributed by atoms with E-state index >= 15 is 0 Å². The summed E-state index contributed by atoms with van der Waals surface area (Å²) in [5, 5.41) is 12.4. The average Bonchev–Trinajstić information content (AvgIpc) is 2.79. The fourth-order valence-electron chi connectivity index (χ4n) is 1.68. The molecule has 1 unspecified atom stereocenters. The summed E-state index contributed by atoms with van der Waals surface area (Å²) in [6, 6.07) is 7.42. The molecule has 0 radical (unpaired) electrons. The molecule has 0 aliphatic rings. The standard InChI is InChI=1S/C12H9F3N2O2/c13-12(14,15)9-6-7-17(16-9)10(11(18)19)8-4-2-1-3-5-8/h1-7,10H,(H,18,19). The van der Waals surface area contributed by atoms with Gasteiger partial charge in [0, 0.05) is 6.20 Å². The molecular formula is C12H9F3N2O2. The van der Waals surface area contributed by atoms with Crippen molar-refractivity contribution in [2.75, 3.05) is 0 Å². The van der Waals surface area contributed by atoms with Crippen LogP contribution in [-0.2, 0) is 11.0 Å². The Morgan fingerprint density at radius 1 is 1.21 bits per heavy atom. The van der Waals surface area contributed by atoms with Gasteiger partial charge in [-0.2, -0.15) is 18.3 Å². The summed E-state index contributed by atoms with van der Waals surface area (Å²) in [7, 11) is 0. The van der Waals surface area contributed by atoms with Crippen LogP contribution in [-0.4, -0.2) is 20.9 Å². The van der Waals surface area contributed by atoms with Crippen molar-refractivity contribution in [2.24, 2.45) is 0 Å². The maximum absolute atomic E-state index is 12.4. The molecule has 1 aromatic heterocycles. The van der Waals surface area contributed by atoms with Gasteiger partial charge in [-0.15, -0.1) is 0 Å². The Hall–Kier alpha value is -2.31. The first-order valence-corrected chi connectivity index (χ1v) is 5.29. The zero-order chi connectivity index (χ0) is 14.0. The highest BCUT2D eigenvalue weighted by Crippen LogP contribution is 2.28. The van der Waals surface area contributed by atoms with Crippen molar-refractivity contribution >= 4 is 5.97 Å². The van der Waals surface area contributed by atoms with Gasteiger partial charge < -0.3 is 5.11 Å². The van der Waals surface area contributed by atoms with Gasteiger partial charge in [-0.25, -0.2) is 4.79 Å². The van der Waals surface area contributed by atoms with E-state index in [-0.39, 0.29) is 0 Å². The van der Waals surface area contributed by atoms with Crippen LogP contribution in [0.4, 0.5) is 13.2 Å². The average molecular weight is 270 g/mol. The van der Waals surface area contributed by atoms with Crippen LogP contribution in [0.25, 0.3) is 0 Å². The lowest BCUT2D eigenvalue weighted by Gasteiger charge is -2.13. The molecule has 0 spiro atoms. The topological polar surface area (TPSA) is 55.1 Å². The molecule has 1 N–H and O–H groups in total. The molecule has 0 saturated heterocycles. The van der Waals surface area contributed by atoms with Gasteiger partial charge in [-0.1, -0.05) is 30.3 Å². The van der Waals surface area contributed by atoms with Crippen LogP contribution < -0.4 is 0 Å². The Morgan fingerprint density at radius 2 is 1.84 bits per heavy atom. The number of rotatable bonds is 3. The SMILES string of the molecule is O=C(O)C(c1ccccc1)n1ccc(C(F)(F)F)n1. The number of nitrogens with zero attached hydrogens (tertiary/aromatic N) is 2. The Morgan fingerprint density at radius 3 is 2.32 bits per heavy atom. The Balaban J connectivity index is 2.41. The van der Waals surface area contributed by atoms with Crippen LogP contribution in [0.1, 0.15) is 17.3 Å². The summed E-state index contributed by atoms with van der Waals surface area (Å²) >= 11 is 0. The second-order valence-electron chi connectivity index (χ2n) is 3.83. The third-order valence-electron chi connectivity index (χ3n) is 2.51. The maximum Gasteiger partial charge on any atom is 0.435 e. The second-order valence-corrected chi connectivity index (χ2v) is 3.83. The first-order valence-electron chi connectivity index (χ1n) is 5.29. The summed E-state index contributed by atoms with van der Waals surface area (Å²) in [4.78, 5) is 11.2. The van der Waals surface area contributed by atoms with E-state index in [0.29, 0.717) is 5.56 Å². The lowest BCUT2D eigenvalue weighted by molar-refractivity contribution is -0.144. The molecular weight excluding hydrogens is 261 g/mol. The summed E-state index contributed by atoms with van der Waals surface area (Å²) in [6.45, 7) is 0. The molecule has 0 aliphatic heterocycles. The van der Waals surface area contributed by atoms with Gasteiger partial charge >= 0.3 is 12.1 Å². The van der Waals surface area contributed by atoms with Crippen LogP contribution >= 0.6 is 0 Å². The van der Waals surface area contributed by atoms with Gasteiger partial charge in [-0.05, 0) is 11.6 Å². The third kappa shape index (κ3) is 2.75. The van der Waals surface area contributed by atoms with E-state index in [1.807, 2.05) is 0 Å². The summed E-state index contributed by atoms with van der Waals surface area (Å²) in [6.07, 6.45) is -3.58. The molecule has 0 fully saturated rings. The monoisotopic (exact) mass is 270 g/mol. The minimum atomic E-state index is -4.59. The number of carbonyl (C=O) groups is 1. The quantitative estimate of drug-likeness (QED) is 0.932. The summed E-state index contributed by atoms with van der Waals surface area (Å²) < 4.78 is 38.1. The minimum absolute atomic E-state index is 0.354. The zero-order valence-corrected chi connectivity index (χ0v) is 9.50. The molecule has 19 heavy (non-hydrogen) atoms. The van der Waals surface area contributed by atoms with Crippen LogP contribution in [0.15, 0.2) is 42.6 Å². The van der Waals surface area contributed by atoms with Crippen LogP contribution in [0.2, 0.25) is 0 Å². The lowest BCUT2D eigenvalue weighted by atomic mass is 10.1. The van der Waals surface area contributed by atoms with Gasteiger partial charge in [0.2, 0.25) is 0 Å². The number of halogens is 3. The highest BCUT2D eigenvalue weighted by Gasteiger charge is 2.35. The first-order chi connectivity index (χ1) is 8.89. The highest BCUT2D eigenvalue weighted by molar-refractivity contribution is 5.75. The van der Waals surface area contributed by atoms with E-state index in [4.69, 9.17) is 5.11 Å². The van der Waals surface area contributed by atoms with Gasteiger partial charge in [0.1, 0.15) is 0 Å². The first kappa shape index (κ1) is 13.1. The van der Waals surface area contributed by atoms with Crippen molar-refractivity contribution < 1.29 is 23.1 Å². The fourth-order valence-corrected chi connectivity index (χ4v) is 1.68. The Labute approximate surface area is 106 Å². The van der Waals surface area contributed by atoms with Crippen LogP contribution in [0, 0.1) is 0 Å². The number of alkyl halides is 3. The van der Waals surface area contributed by atoms with E-state index in [2.05, 4.69) is 5.10 Å². The number of carboxylic acid groups (broad SMARTS) is 1. The molecule has 0 amide bonds. The van der Waals surface area contributed by atoms with Crippen molar-refractivity contribution in [3.8, 4) is 0 Å². The molecule has 7 heteroatoms. The van der Waals surface area contributed by atoms with Crippen molar-refractivity contribution in [2.45, 2.75) is 12.2 Å². The molecule has 1 atom stereocenters. The van der Waals surface area contributed by atoms with Crippen LogP contribution in [0.5, 0.6) is 0 Å². The molecule has 0 bridgehead atoms. The molecule has 1 aromatic carbocycles. The number of carboxylic acids is 1.